The zero-order valence-corrected chi connectivity index (χ0v) is 63.9. The van der Waals surface area contributed by atoms with Gasteiger partial charge < -0.3 is 147 Å². The molecule has 12 atom stereocenters. The SMILES string of the molecule is CC(=O)O[C@@H]1COC(Oc2c3c(c(-c4ccc5c(c4)OCO5)c4cc(CO)c(CO)cc24)C(=O)OC3)[C@H](O)[C@H]1O.CC(=O)O[C@H]1C(Oc2c3c(c(-c4ccc5c(c4)OCO5)c4cc(CO)c(CO)cc24)C(=O)OC3)OC[C@@H](O)[C@@H]1O.CC(=O)O[C@H]1[C@H](O)COC(Oc2c3c(c(-c4ccc5c(c4)OCO5)c4cc(CO)c(CO)cc24)C(=O)OC3)[C@@H]1O. The van der Waals surface area contributed by atoms with Crippen molar-refractivity contribution in [1.82, 2.24) is 0 Å². The maximum Gasteiger partial charge on any atom is 0.339 e. The number of aliphatic hydroxyl groups is 12. The molecule has 36 heteroatoms. The molecule has 12 N–H and O–H groups in total. The fourth-order valence-corrected chi connectivity index (χ4v) is 15.9. The van der Waals surface area contributed by atoms with Crippen LogP contribution in [0.15, 0.2) is 91.0 Å². The molecule has 9 aliphatic rings. The van der Waals surface area contributed by atoms with Gasteiger partial charge in [0.25, 0.3) is 0 Å². The summed E-state index contributed by atoms with van der Waals surface area (Å²) in [6.45, 7) is 0.0843. The van der Waals surface area contributed by atoms with Crippen LogP contribution in [0.1, 0.15) is 102 Å². The van der Waals surface area contributed by atoms with Crippen molar-refractivity contribution in [2.75, 3.05) is 40.2 Å². The molecule has 3 unspecified atom stereocenters. The van der Waals surface area contributed by atoms with Crippen LogP contribution in [0.4, 0.5) is 0 Å². The second-order valence-electron chi connectivity index (χ2n) is 28.9. The van der Waals surface area contributed by atoms with Gasteiger partial charge in [-0.25, -0.2) is 14.4 Å². The molecule has 0 saturated carbocycles. The van der Waals surface area contributed by atoms with Gasteiger partial charge in [0.05, 0.1) is 76.2 Å². The Morgan fingerprint density at radius 1 is 0.333 bits per heavy atom. The van der Waals surface area contributed by atoms with Crippen LogP contribution in [0, 0.1) is 0 Å². The number of carbonyl (C=O) groups excluding carboxylic acids is 6. The van der Waals surface area contributed by atoms with Crippen molar-refractivity contribution in [3.63, 3.8) is 0 Å². The van der Waals surface area contributed by atoms with Crippen molar-refractivity contribution in [3.05, 3.63) is 158 Å². The predicted octanol–water partition coefficient (Wildman–Crippen LogP) is 3.84. The molecule has 18 rings (SSSR count). The first kappa shape index (κ1) is 81.9. The molecule has 3 saturated heterocycles. The van der Waals surface area contributed by atoms with Crippen molar-refractivity contribution >= 4 is 68.1 Å². The predicted molar refractivity (Wildman–Crippen MR) is 403 cm³/mol. The second kappa shape index (κ2) is 33.8. The Morgan fingerprint density at radius 2 is 0.650 bits per heavy atom. The summed E-state index contributed by atoms with van der Waals surface area (Å²) in [6.07, 6.45) is -16.7. The average Bonchev–Trinajstić information content (AvgIpc) is 1.41. The largest absolute Gasteiger partial charge is 0.461 e. The van der Waals surface area contributed by atoms with E-state index in [0.29, 0.717) is 150 Å². The Hall–Kier alpha value is -11.8. The molecule has 9 aromatic rings. The van der Waals surface area contributed by atoms with Gasteiger partial charge >= 0.3 is 35.8 Å². The average molecular weight is 1660 g/mol. The summed E-state index contributed by atoms with van der Waals surface area (Å²) in [5.41, 5.74) is 7.63. The summed E-state index contributed by atoms with van der Waals surface area (Å²) in [7, 11) is 0. The van der Waals surface area contributed by atoms with Crippen molar-refractivity contribution in [1.29, 1.82) is 0 Å². The quantitative estimate of drug-likeness (QED) is 0.0429. The highest BCUT2D eigenvalue weighted by molar-refractivity contribution is 6.16. The highest BCUT2D eigenvalue weighted by Gasteiger charge is 2.48. The summed E-state index contributed by atoms with van der Waals surface area (Å²) >= 11 is 0. The van der Waals surface area contributed by atoms with Crippen LogP contribution in [0.2, 0.25) is 0 Å². The van der Waals surface area contributed by atoms with Crippen LogP contribution in [-0.2, 0) is 116 Å². The number of cyclic esters (lactones) is 3. The number of aliphatic hydroxyl groups excluding tert-OH is 12. The molecule has 0 amide bonds. The molecule has 630 valence electrons. The molecular formula is C84H78O36. The summed E-state index contributed by atoms with van der Waals surface area (Å²) in [5.74, 6) is -0.321. The van der Waals surface area contributed by atoms with Gasteiger partial charge in [0.2, 0.25) is 39.2 Å². The lowest BCUT2D eigenvalue weighted by molar-refractivity contribution is -0.250. The maximum absolute atomic E-state index is 13.2. The monoisotopic (exact) mass is 1660 g/mol. The molecule has 0 bridgehead atoms. The first-order chi connectivity index (χ1) is 57.9. The van der Waals surface area contributed by atoms with E-state index in [0.717, 1.165) is 13.8 Å². The molecule has 9 heterocycles. The van der Waals surface area contributed by atoms with Crippen molar-refractivity contribution in [2.45, 2.75) is 154 Å². The number of fused-ring (bicyclic) bond motifs is 9. The zero-order chi connectivity index (χ0) is 84.4. The number of hydrogen-bond donors (Lipinski definition) is 12. The molecule has 3 fully saturated rings. The van der Waals surface area contributed by atoms with E-state index in [9.17, 15) is 90.0 Å². The normalized spacial score (nSPS) is 23.2. The molecule has 0 aromatic heterocycles. The smallest absolute Gasteiger partial charge is 0.339 e. The molecule has 0 radical (unpaired) electrons. The summed E-state index contributed by atoms with van der Waals surface area (Å²) in [5, 5.41) is 126. The van der Waals surface area contributed by atoms with E-state index in [1.165, 1.54) is 6.92 Å². The van der Waals surface area contributed by atoms with Gasteiger partial charge in [-0.15, -0.1) is 0 Å². The number of ether oxygens (including phenoxy) is 18. The van der Waals surface area contributed by atoms with Crippen molar-refractivity contribution in [2.24, 2.45) is 0 Å². The third-order valence-corrected chi connectivity index (χ3v) is 21.6. The minimum Gasteiger partial charge on any atom is -0.461 e. The highest BCUT2D eigenvalue weighted by Crippen LogP contribution is 2.53. The lowest BCUT2D eigenvalue weighted by Gasteiger charge is -2.37. The molecule has 9 aliphatic heterocycles. The van der Waals surface area contributed by atoms with Crippen LogP contribution in [0.3, 0.4) is 0 Å². The summed E-state index contributed by atoms with van der Waals surface area (Å²) in [6, 6.07) is 25.6. The van der Waals surface area contributed by atoms with Gasteiger partial charge in [-0.05, 0) is 139 Å². The second-order valence-corrected chi connectivity index (χ2v) is 28.9. The maximum atomic E-state index is 13.2. The molecule has 36 nitrogen and oxygen atoms in total. The first-order valence-corrected chi connectivity index (χ1v) is 37.7. The van der Waals surface area contributed by atoms with Gasteiger partial charge in [0.15, 0.2) is 58.9 Å². The van der Waals surface area contributed by atoms with E-state index in [1.54, 1.807) is 91.0 Å². The zero-order valence-electron chi connectivity index (χ0n) is 63.9. The lowest BCUT2D eigenvalue weighted by Crippen LogP contribution is -2.56. The van der Waals surface area contributed by atoms with Crippen LogP contribution in [0.5, 0.6) is 51.7 Å². The lowest BCUT2D eigenvalue weighted by atomic mass is 9.87. The Morgan fingerprint density at radius 3 is 1.02 bits per heavy atom. The Kier molecular flexibility index (Phi) is 23.0. The standard InChI is InChI=1S/3C28H26O12/c1-12(31)39-26-19(32)10-36-28(24(26)33)40-25-17-5-15(8-30)14(7-29)4-16(17)22(23-18(25)9-35-27(23)34)13-2-3-20-21(6-13)38-11-37-20;1-12(31)39-26-24(33)19(32)10-36-28(26)40-25-17-5-15(8-30)14(7-29)4-16(17)22(23-18(25)9-35-27(23)34)13-2-3-20-21(6-13)38-11-37-20;1-12(31)39-21-10-36-28(25(33)24(21)32)40-26-17-5-15(8-30)14(7-29)4-16(17)22(23-18(26)9-35-27(23)34)13-2-3-19-20(6-13)38-11-37-19/h2*2-6,19,24,26,28-30,32-33H,7-11H2,1H3;2-6,21,24-25,28-30,32-33H,7-11H2,1H3/t19-,24-,26+,28?;19-,24+,26-,28?;21-,24+,25-,28?/m111/s1. The van der Waals surface area contributed by atoms with E-state index in [2.05, 4.69) is 0 Å². The number of esters is 6. The van der Waals surface area contributed by atoms with Gasteiger partial charge in [-0.1, -0.05) is 18.2 Å². The fourth-order valence-electron chi connectivity index (χ4n) is 15.9. The van der Waals surface area contributed by atoms with E-state index in [4.69, 9.17) is 85.3 Å². The number of rotatable bonds is 18. The third kappa shape index (κ3) is 15.1. The van der Waals surface area contributed by atoms with Crippen LogP contribution >= 0.6 is 0 Å². The van der Waals surface area contributed by atoms with Crippen molar-refractivity contribution < 1.29 is 175 Å². The van der Waals surface area contributed by atoms with E-state index < -0.39 is 116 Å². The number of carbonyl (C=O) groups is 6. The number of hydrogen-bond acceptors (Lipinski definition) is 36. The fraction of sp³-hybridized carbons (Fsp3) is 0.357. The molecule has 120 heavy (non-hydrogen) atoms. The van der Waals surface area contributed by atoms with Gasteiger partial charge in [-0.3, -0.25) is 14.4 Å². The molecule has 9 aromatic carbocycles. The summed E-state index contributed by atoms with van der Waals surface area (Å²) in [4.78, 5) is 74.2. The third-order valence-electron chi connectivity index (χ3n) is 21.6. The van der Waals surface area contributed by atoms with Crippen LogP contribution in [-0.4, -0.2) is 211 Å². The topological polar surface area (TPSA) is 511 Å². The first-order valence-electron chi connectivity index (χ1n) is 37.7. The number of benzene rings is 9. The van der Waals surface area contributed by atoms with Crippen LogP contribution < -0.4 is 42.6 Å². The van der Waals surface area contributed by atoms with Crippen molar-refractivity contribution in [3.8, 4) is 85.1 Å². The van der Waals surface area contributed by atoms with Gasteiger partial charge in [-0.2, -0.15) is 0 Å². The van der Waals surface area contributed by atoms with Gasteiger partial charge in [0.1, 0.15) is 67.6 Å². The van der Waals surface area contributed by atoms with Gasteiger partial charge in [0, 0.05) is 70.3 Å². The minimum atomic E-state index is -1.61. The molecular weight excluding hydrogens is 1580 g/mol. The Labute approximate surface area is 677 Å². The van der Waals surface area contributed by atoms with E-state index in [1.807, 2.05) is 0 Å². The minimum absolute atomic E-state index is 0.0619. The van der Waals surface area contributed by atoms with E-state index >= 15 is 0 Å². The molecule has 0 aliphatic carbocycles. The summed E-state index contributed by atoms with van der Waals surface area (Å²) < 4.78 is 99.9. The van der Waals surface area contributed by atoms with E-state index in [-0.39, 0.29) is 127 Å². The highest BCUT2D eigenvalue weighted by atomic mass is 16.7. The Balaban J connectivity index is 0.000000134. The Bertz CT molecular complexity index is 5620. The molecule has 0 spiro atoms. The van der Waals surface area contributed by atoms with Crippen LogP contribution in [0.25, 0.3) is 65.7 Å².